The van der Waals surface area contributed by atoms with Crippen molar-refractivity contribution < 1.29 is 13.6 Å². The van der Waals surface area contributed by atoms with E-state index >= 15 is 0 Å². The average Bonchev–Trinajstić information content (AvgIpc) is 2.85. The summed E-state index contributed by atoms with van der Waals surface area (Å²) in [4.78, 5) is 11.8. The van der Waals surface area contributed by atoms with Crippen molar-refractivity contribution in [2.75, 3.05) is 0 Å². The highest BCUT2D eigenvalue weighted by Crippen LogP contribution is 2.12. The van der Waals surface area contributed by atoms with Crippen LogP contribution in [0, 0.1) is 11.6 Å². The van der Waals surface area contributed by atoms with Crippen LogP contribution in [0.2, 0.25) is 0 Å². The molecule has 0 aliphatic heterocycles. The lowest BCUT2D eigenvalue weighted by molar-refractivity contribution is 0.0935. The Labute approximate surface area is 114 Å². The van der Waals surface area contributed by atoms with Gasteiger partial charge in [0.2, 0.25) is 0 Å². The molecule has 0 aliphatic rings. The van der Waals surface area contributed by atoms with Crippen LogP contribution in [0.5, 0.6) is 0 Å². The van der Waals surface area contributed by atoms with Gasteiger partial charge in [0.25, 0.3) is 5.91 Å². The number of amides is 1. The fourth-order valence-corrected chi connectivity index (χ4v) is 2.48. The summed E-state index contributed by atoms with van der Waals surface area (Å²) in [7, 11) is 0. The SMILES string of the molecule is CC(Cc1ccsc1)NC(=O)c1cccc(F)c1F. The number of halogens is 2. The molecule has 2 nitrogen and oxygen atoms in total. The molecule has 0 radical (unpaired) electrons. The smallest absolute Gasteiger partial charge is 0.254 e. The molecule has 19 heavy (non-hydrogen) atoms. The van der Waals surface area contributed by atoms with E-state index in [1.54, 1.807) is 11.3 Å². The van der Waals surface area contributed by atoms with Crippen LogP contribution < -0.4 is 5.32 Å². The van der Waals surface area contributed by atoms with Gasteiger partial charge in [0.05, 0.1) is 5.56 Å². The maximum atomic E-state index is 13.4. The van der Waals surface area contributed by atoms with Crippen molar-refractivity contribution >= 4 is 17.2 Å². The van der Waals surface area contributed by atoms with Gasteiger partial charge >= 0.3 is 0 Å². The molecule has 2 aromatic rings. The van der Waals surface area contributed by atoms with E-state index in [1.165, 1.54) is 12.1 Å². The number of hydrogen-bond acceptors (Lipinski definition) is 2. The molecule has 1 unspecified atom stereocenters. The summed E-state index contributed by atoms with van der Waals surface area (Å²) in [5.74, 6) is -2.72. The molecule has 1 aromatic heterocycles. The fraction of sp³-hybridized carbons (Fsp3) is 0.214. The predicted octanol–water partition coefficient (Wildman–Crippen LogP) is 3.39. The Morgan fingerprint density at radius 1 is 1.37 bits per heavy atom. The molecule has 0 fully saturated rings. The minimum Gasteiger partial charge on any atom is -0.349 e. The Kier molecular flexibility index (Phi) is 4.27. The van der Waals surface area contributed by atoms with Gasteiger partial charge in [-0.2, -0.15) is 11.3 Å². The number of carbonyl (C=O) groups is 1. The van der Waals surface area contributed by atoms with Gasteiger partial charge in [-0.05, 0) is 47.9 Å². The van der Waals surface area contributed by atoms with Crippen molar-refractivity contribution in [1.82, 2.24) is 5.32 Å². The monoisotopic (exact) mass is 281 g/mol. The number of benzene rings is 1. The minimum atomic E-state index is -1.11. The van der Waals surface area contributed by atoms with Crippen molar-refractivity contribution in [3.8, 4) is 0 Å². The zero-order valence-corrected chi connectivity index (χ0v) is 11.1. The maximum Gasteiger partial charge on any atom is 0.254 e. The summed E-state index contributed by atoms with van der Waals surface area (Å²) in [5.41, 5.74) is 0.842. The molecule has 1 N–H and O–H groups in total. The van der Waals surface area contributed by atoms with E-state index in [1.807, 2.05) is 23.8 Å². The van der Waals surface area contributed by atoms with E-state index in [0.717, 1.165) is 11.6 Å². The third kappa shape index (κ3) is 3.38. The molecule has 0 saturated heterocycles. The zero-order chi connectivity index (χ0) is 13.8. The molecule has 0 spiro atoms. The van der Waals surface area contributed by atoms with E-state index in [4.69, 9.17) is 0 Å². The highest BCUT2D eigenvalue weighted by Gasteiger charge is 2.16. The average molecular weight is 281 g/mol. The highest BCUT2D eigenvalue weighted by atomic mass is 32.1. The molecule has 1 amide bonds. The second-order valence-electron chi connectivity index (χ2n) is 4.31. The largest absolute Gasteiger partial charge is 0.349 e. The van der Waals surface area contributed by atoms with E-state index in [2.05, 4.69) is 5.32 Å². The number of thiophene rings is 1. The first-order valence-corrected chi connectivity index (χ1v) is 6.78. The zero-order valence-electron chi connectivity index (χ0n) is 10.3. The first-order chi connectivity index (χ1) is 9.08. The lowest BCUT2D eigenvalue weighted by Gasteiger charge is -2.13. The van der Waals surface area contributed by atoms with Crippen molar-refractivity contribution in [3.63, 3.8) is 0 Å². The normalized spacial score (nSPS) is 12.2. The van der Waals surface area contributed by atoms with E-state index < -0.39 is 17.5 Å². The molecular weight excluding hydrogens is 268 g/mol. The van der Waals surface area contributed by atoms with Gasteiger partial charge in [-0.3, -0.25) is 4.79 Å². The summed E-state index contributed by atoms with van der Waals surface area (Å²) >= 11 is 1.58. The first-order valence-electron chi connectivity index (χ1n) is 5.84. The Morgan fingerprint density at radius 3 is 2.84 bits per heavy atom. The standard InChI is InChI=1S/C14H13F2NOS/c1-9(7-10-5-6-19-8-10)17-14(18)11-3-2-4-12(15)13(11)16/h2-6,8-9H,7H2,1H3,(H,17,18). The van der Waals surface area contributed by atoms with Gasteiger partial charge in [0, 0.05) is 6.04 Å². The molecule has 1 aromatic carbocycles. The van der Waals surface area contributed by atoms with Crippen molar-refractivity contribution in [3.05, 3.63) is 57.8 Å². The molecule has 0 saturated carbocycles. The quantitative estimate of drug-likeness (QED) is 0.914. The van der Waals surface area contributed by atoms with Gasteiger partial charge in [0.1, 0.15) is 0 Å². The summed E-state index contributed by atoms with van der Waals surface area (Å²) in [6.07, 6.45) is 0.659. The van der Waals surface area contributed by atoms with Gasteiger partial charge in [-0.1, -0.05) is 6.07 Å². The van der Waals surface area contributed by atoms with Crippen LogP contribution in [0.15, 0.2) is 35.0 Å². The van der Waals surface area contributed by atoms with Crippen molar-refractivity contribution in [1.29, 1.82) is 0 Å². The number of hydrogen-bond donors (Lipinski definition) is 1. The van der Waals surface area contributed by atoms with E-state index in [9.17, 15) is 13.6 Å². The van der Waals surface area contributed by atoms with Crippen LogP contribution in [0.4, 0.5) is 8.78 Å². The minimum absolute atomic E-state index is 0.148. The Balaban J connectivity index is 2.02. The van der Waals surface area contributed by atoms with Crippen LogP contribution in [-0.4, -0.2) is 11.9 Å². The molecule has 1 atom stereocenters. The van der Waals surface area contributed by atoms with Crippen LogP contribution in [-0.2, 0) is 6.42 Å². The van der Waals surface area contributed by atoms with E-state index in [-0.39, 0.29) is 11.6 Å². The van der Waals surface area contributed by atoms with Crippen LogP contribution in [0.3, 0.4) is 0 Å². The Morgan fingerprint density at radius 2 is 2.16 bits per heavy atom. The van der Waals surface area contributed by atoms with Crippen LogP contribution in [0.25, 0.3) is 0 Å². The summed E-state index contributed by atoms with van der Waals surface area (Å²) in [5, 5.41) is 6.61. The number of nitrogens with one attached hydrogen (secondary N) is 1. The molecule has 2 rings (SSSR count). The van der Waals surface area contributed by atoms with Crippen LogP contribution in [0.1, 0.15) is 22.8 Å². The first kappa shape index (κ1) is 13.7. The van der Waals surface area contributed by atoms with Crippen LogP contribution >= 0.6 is 11.3 Å². The maximum absolute atomic E-state index is 13.4. The van der Waals surface area contributed by atoms with Crippen molar-refractivity contribution in [2.45, 2.75) is 19.4 Å². The summed E-state index contributed by atoms with van der Waals surface area (Å²) < 4.78 is 26.5. The third-order valence-corrected chi connectivity index (χ3v) is 3.43. The van der Waals surface area contributed by atoms with Gasteiger partial charge < -0.3 is 5.32 Å². The topological polar surface area (TPSA) is 29.1 Å². The summed E-state index contributed by atoms with van der Waals surface area (Å²) in [6, 6.07) is 5.39. The second-order valence-corrected chi connectivity index (χ2v) is 5.09. The number of carbonyl (C=O) groups excluding carboxylic acids is 1. The van der Waals surface area contributed by atoms with E-state index in [0.29, 0.717) is 6.42 Å². The molecular formula is C14H13F2NOS. The Bertz CT molecular complexity index is 569. The Hall–Kier alpha value is -1.75. The third-order valence-electron chi connectivity index (χ3n) is 2.70. The van der Waals surface area contributed by atoms with Gasteiger partial charge in [0.15, 0.2) is 11.6 Å². The molecule has 0 bridgehead atoms. The fourth-order valence-electron chi connectivity index (χ4n) is 1.79. The lowest BCUT2D eigenvalue weighted by atomic mass is 10.1. The molecule has 100 valence electrons. The molecule has 1 heterocycles. The van der Waals surface area contributed by atoms with Crippen molar-refractivity contribution in [2.24, 2.45) is 0 Å². The predicted molar refractivity (Wildman–Crippen MR) is 71.3 cm³/mol. The highest BCUT2D eigenvalue weighted by molar-refractivity contribution is 7.07. The lowest BCUT2D eigenvalue weighted by Crippen LogP contribution is -2.34. The molecule has 5 heteroatoms. The molecule has 0 aliphatic carbocycles. The number of rotatable bonds is 4. The second kappa shape index (κ2) is 5.93. The van der Waals surface area contributed by atoms with Gasteiger partial charge in [-0.15, -0.1) is 0 Å². The summed E-state index contributed by atoms with van der Waals surface area (Å²) in [6.45, 7) is 1.83. The van der Waals surface area contributed by atoms with Gasteiger partial charge in [-0.25, -0.2) is 8.78 Å².